The van der Waals surface area contributed by atoms with Crippen LogP contribution in [0.15, 0.2) is 0 Å². The summed E-state index contributed by atoms with van der Waals surface area (Å²) in [4.78, 5) is 5.19. The van der Waals surface area contributed by atoms with Gasteiger partial charge in [0.2, 0.25) is 0 Å². The first-order chi connectivity index (χ1) is 9.16. The molecule has 1 aliphatic heterocycles. The number of rotatable bonds is 4. The highest BCUT2D eigenvalue weighted by Crippen LogP contribution is 2.18. The Bertz CT molecular complexity index is 250. The van der Waals surface area contributed by atoms with Crippen LogP contribution >= 0.6 is 0 Å². The Morgan fingerprint density at radius 1 is 1.11 bits per heavy atom. The smallest absolute Gasteiger partial charge is 0.0198 e. The third-order valence-corrected chi connectivity index (χ3v) is 4.97. The van der Waals surface area contributed by atoms with Crippen molar-refractivity contribution < 1.29 is 0 Å². The van der Waals surface area contributed by atoms with Crippen LogP contribution in [0.4, 0.5) is 0 Å². The first-order valence-corrected chi connectivity index (χ1v) is 8.34. The van der Waals surface area contributed by atoms with Gasteiger partial charge in [-0.05, 0) is 46.7 Å². The molecule has 2 fully saturated rings. The number of nitrogens with one attached hydrogen (secondary N) is 1. The van der Waals surface area contributed by atoms with E-state index >= 15 is 0 Å². The number of nitrogens with zero attached hydrogens (tertiary/aromatic N) is 2. The van der Waals surface area contributed by atoms with Crippen molar-refractivity contribution in [2.24, 2.45) is 0 Å². The Balaban J connectivity index is 1.75. The quantitative estimate of drug-likeness (QED) is 0.843. The normalized spacial score (nSPS) is 30.2. The van der Waals surface area contributed by atoms with Gasteiger partial charge in [-0.15, -0.1) is 0 Å². The minimum atomic E-state index is 0.670. The molecule has 2 aliphatic rings. The summed E-state index contributed by atoms with van der Waals surface area (Å²) in [7, 11) is 2.25. The van der Waals surface area contributed by atoms with Gasteiger partial charge in [0.15, 0.2) is 0 Å². The molecule has 1 aliphatic carbocycles. The zero-order valence-electron chi connectivity index (χ0n) is 13.2. The predicted octanol–water partition coefficient (Wildman–Crippen LogP) is 2.32. The van der Waals surface area contributed by atoms with Gasteiger partial charge in [-0.2, -0.15) is 0 Å². The summed E-state index contributed by atoms with van der Waals surface area (Å²) in [6.07, 6.45) is 8.40. The van der Waals surface area contributed by atoms with E-state index in [4.69, 9.17) is 0 Å². The van der Waals surface area contributed by atoms with E-state index in [9.17, 15) is 0 Å². The standard InChI is InChI=1S/C16H33N3/c1-14(12-17-16-8-5-4-6-9-16)19-11-7-10-18(3)13-15(19)2/h14-17H,4-13H2,1-3H3. The minimum Gasteiger partial charge on any atom is -0.312 e. The molecule has 0 amide bonds. The van der Waals surface area contributed by atoms with Gasteiger partial charge in [0.1, 0.15) is 0 Å². The SMILES string of the molecule is CC(CNC1CCCCC1)N1CCCN(C)CC1C. The van der Waals surface area contributed by atoms with Crippen LogP contribution in [0.1, 0.15) is 52.4 Å². The lowest BCUT2D eigenvalue weighted by molar-refractivity contribution is 0.145. The molecular formula is C16H33N3. The third-order valence-electron chi connectivity index (χ3n) is 4.97. The highest BCUT2D eigenvalue weighted by molar-refractivity contribution is 4.82. The molecule has 0 radical (unpaired) electrons. The Morgan fingerprint density at radius 3 is 2.58 bits per heavy atom. The lowest BCUT2D eigenvalue weighted by Gasteiger charge is -2.35. The van der Waals surface area contributed by atoms with Crippen LogP contribution in [0.3, 0.4) is 0 Å². The molecule has 1 N–H and O–H groups in total. The molecule has 2 unspecified atom stereocenters. The van der Waals surface area contributed by atoms with Crippen LogP contribution < -0.4 is 5.32 Å². The van der Waals surface area contributed by atoms with Crippen molar-refractivity contribution in [3.05, 3.63) is 0 Å². The second-order valence-corrected chi connectivity index (χ2v) is 6.79. The van der Waals surface area contributed by atoms with Crippen molar-refractivity contribution in [3.8, 4) is 0 Å². The summed E-state index contributed by atoms with van der Waals surface area (Å²) in [5.41, 5.74) is 0. The molecule has 0 aromatic carbocycles. The van der Waals surface area contributed by atoms with Crippen molar-refractivity contribution in [1.29, 1.82) is 0 Å². The summed E-state index contributed by atoms with van der Waals surface area (Å²) < 4.78 is 0. The van der Waals surface area contributed by atoms with E-state index in [0.717, 1.165) is 6.04 Å². The summed E-state index contributed by atoms with van der Waals surface area (Å²) in [5, 5.41) is 3.82. The van der Waals surface area contributed by atoms with E-state index < -0.39 is 0 Å². The van der Waals surface area contributed by atoms with Gasteiger partial charge in [0.05, 0.1) is 0 Å². The molecule has 3 nitrogen and oxygen atoms in total. The first kappa shape index (κ1) is 15.3. The fourth-order valence-electron chi connectivity index (χ4n) is 3.81. The number of hydrogen-bond donors (Lipinski definition) is 1. The van der Waals surface area contributed by atoms with Gasteiger partial charge < -0.3 is 10.2 Å². The predicted molar refractivity (Wildman–Crippen MR) is 82.6 cm³/mol. The number of likely N-dealkylation sites (N-methyl/N-ethyl adjacent to an activating group) is 1. The molecule has 112 valence electrons. The van der Waals surface area contributed by atoms with Gasteiger partial charge in [0, 0.05) is 37.8 Å². The maximum atomic E-state index is 3.82. The van der Waals surface area contributed by atoms with E-state index in [2.05, 4.69) is 36.0 Å². The molecule has 2 rings (SSSR count). The van der Waals surface area contributed by atoms with Crippen LogP contribution in [-0.2, 0) is 0 Å². The van der Waals surface area contributed by atoms with Gasteiger partial charge >= 0.3 is 0 Å². The molecular weight excluding hydrogens is 234 g/mol. The molecule has 0 aromatic rings. The molecule has 3 heteroatoms. The Labute approximate surface area is 119 Å². The maximum absolute atomic E-state index is 3.82. The lowest BCUT2D eigenvalue weighted by Crippen LogP contribution is -2.49. The van der Waals surface area contributed by atoms with Gasteiger partial charge in [-0.25, -0.2) is 0 Å². The largest absolute Gasteiger partial charge is 0.312 e. The second-order valence-electron chi connectivity index (χ2n) is 6.79. The fourth-order valence-corrected chi connectivity index (χ4v) is 3.81. The zero-order chi connectivity index (χ0) is 13.7. The molecule has 1 heterocycles. The van der Waals surface area contributed by atoms with Crippen LogP contribution in [0.2, 0.25) is 0 Å². The topological polar surface area (TPSA) is 18.5 Å². The molecule has 0 aromatic heterocycles. The third kappa shape index (κ3) is 4.73. The van der Waals surface area contributed by atoms with Gasteiger partial charge in [-0.3, -0.25) is 4.90 Å². The van der Waals surface area contributed by atoms with Crippen molar-refractivity contribution >= 4 is 0 Å². The van der Waals surface area contributed by atoms with Gasteiger partial charge in [0.25, 0.3) is 0 Å². The van der Waals surface area contributed by atoms with Crippen molar-refractivity contribution in [1.82, 2.24) is 15.1 Å². The van der Waals surface area contributed by atoms with Crippen LogP contribution in [0, 0.1) is 0 Å². The Kier molecular flexibility index (Phi) is 6.11. The van der Waals surface area contributed by atoms with Crippen molar-refractivity contribution in [3.63, 3.8) is 0 Å². The monoisotopic (exact) mass is 267 g/mol. The Hall–Kier alpha value is -0.120. The summed E-state index contributed by atoms with van der Waals surface area (Å²) >= 11 is 0. The van der Waals surface area contributed by atoms with E-state index in [1.807, 2.05) is 0 Å². The van der Waals surface area contributed by atoms with Crippen molar-refractivity contribution in [2.75, 3.05) is 33.2 Å². The highest BCUT2D eigenvalue weighted by atomic mass is 15.3. The zero-order valence-corrected chi connectivity index (χ0v) is 13.2. The molecule has 0 bridgehead atoms. The fraction of sp³-hybridized carbons (Fsp3) is 1.00. The molecule has 0 spiro atoms. The molecule has 2 atom stereocenters. The molecule has 1 saturated carbocycles. The number of hydrogen-bond acceptors (Lipinski definition) is 3. The van der Waals surface area contributed by atoms with Gasteiger partial charge in [-0.1, -0.05) is 19.3 Å². The first-order valence-electron chi connectivity index (χ1n) is 8.34. The average molecular weight is 267 g/mol. The van der Waals surface area contributed by atoms with Crippen LogP contribution in [-0.4, -0.2) is 61.2 Å². The Morgan fingerprint density at radius 2 is 1.84 bits per heavy atom. The average Bonchev–Trinajstić information content (AvgIpc) is 2.58. The maximum Gasteiger partial charge on any atom is 0.0198 e. The van der Waals surface area contributed by atoms with E-state index in [1.165, 1.54) is 64.7 Å². The van der Waals surface area contributed by atoms with E-state index in [1.54, 1.807) is 0 Å². The summed E-state index contributed by atoms with van der Waals surface area (Å²) in [5.74, 6) is 0. The van der Waals surface area contributed by atoms with Crippen LogP contribution in [0.25, 0.3) is 0 Å². The molecule has 19 heavy (non-hydrogen) atoms. The van der Waals surface area contributed by atoms with Crippen LogP contribution in [0.5, 0.6) is 0 Å². The lowest BCUT2D eigenvalue weighted by atomic mass is 9.95. The van der Waals surface area contributed by atoms with E-state index in [0.29, 0.717) is 12.1 Å². The highest BCUT2D eigenvalue weighted by Gasteiger charge is 2.24. The van der Waals surface area contributed by atoms with Crippen molar-refractivity contribution in [2.45, 2.75) is 70.5 Å². The minimum absolute atomic E-state index is 0.670. The second kappa shape index (κ2) is 7.61. The van der Waals surface area contributed by atoms with E-state index in [-0.39, 0.29) is 0 Å². The summed E-state index contributed by atoms with van der Waals surface area (Å²) in [6, 6.07) is 2.15. The summed E-state index contributed by atoms with van der Waals surface area (Å²) in [6.45, 7) is 9.69. The molecule has 1 saturated heterocycles.